The summed E-state index contributed by atoms with van der Waals surface area (Å²) in [6.07, 6.45) is -6.33. The van der Waals surface area contributed by atoms with E-state index in [1.165, 1.54) is 83.1 Å². The number of hydrogen-bond acceptors (Lipinski definition) is 2. The summed E-state index contributed by atoms with van der Waals surface area (Å²) >= 11 is 0. The van der Waals surface area contributed by atoms with Gasteiger partial charge in [0.2, 0.25) is 29.1 Å². The standard InChI is InChI=1S/C61H53F25N2O2Si2/c1-17(2)91(18(3)4,19(5)6)87-15-23(13-25(87)28(31-37(64)47(74)56(83)48(75)38(31)65)60(89)33-41(68)51(78)58(85)52(79)42(33)69)27(30-35(62)45(72)55(82)46(73)36(30)63)24-14-26(88(16-24)92(20(7)8,21(9)10)22(11)12)29(32-39(66)49(76)57(84)50(77)40(32)67)61(90)34-43(70)53(80)59(86)54(81)44(34)71/h13-22,27-29,60-61,89-90H,1-12H3. The molecule has 4 nitrogen and oxygen atoms in total. The molecule has 2 N–H and O–H groups in total. The fourth-order valence-electron chi connectivity index (χ4n) is 14.4. The topological polar surface area (TPSA) is 50.3 Å². The Morgan fingerprint density at radius 3 is 0.598 bits per heavy atom. The van der Waals surface area contributed by atoms with Crippen LogP contribution in [0.2, 0.25) is 33.2 Å². The smallest absolute Gasteiger partial charge is 0.200 e. The SMILES string of the molecule is CC(C)[Si](C(C)C)(C(C)C)n1cc(C(c2cc(C(c3c(F)c(F)c(F)c(F)c3F)C(O)c3c(F)c(F)c(F)c(F)c3F)n([Si](C(C)C)(C(C)C)C(C)C)c2)c2c(F)c(F)c(F)c(F)c2F)cc1C(c1c(F)c(F)c(F)c(F)c1F)C(O)c1c(F)c(F)c(F)c(F)c1F. The minimum absolute atomic E-state index is 0.329. The first-order chi connectivity index (χ1) is 42.4. The fourth-order valence-corrected chi connectivity index (χ4v) is 27.7. The lowest BCUT2D eigenvalue weighted by molar-refractivity contribution is 0.139. The second kappa shape index (κ2) is 25.9. The highest BCUT2D eigenvalue weighted by Gasteiger charge is 2.53. The maximum absolute atomic E-state index is 17.3. The predicted octanol–water partition coefficient (Wildman–Crippen LogP) is 19.7. The van der Waals surface area contributed by atoms with E-state index in [4.69, 9.17) is 0 Å². The third-order valence-electron chi connectivity index (χ3n) is 17.8. The van der Waals surface area contributed by atoms with Gasteiger partial charge in [0.25, 0.3) is 0 Å². The molecule has 0 saturated carbocycles. The molecule has 5 aromatic carbocycles. The molecule has 0 amide bonds. The van der Waals surface area contributed by atoms with Gasteiger partial charge in [0.15, 0.2) is 133 Å². The van der Waals surface area contributed by atoms with Crippen LogP contribution in [0.5, 0.6) is 0 Å². The maximum Gasteiger partial charge on any atom is 0.200 e. The molecule has 0 aliphatic rings. The first kappa shape index (κ1) is 72.7. The first-order valence-corrected chi connectivity index (χ1v) is 32.2. The van der Waals surface area contributed by atoms with Crippen molar-refractivity contribution in [3.63, 3.8) is 0 Å². The van der Waals surface area contributed by atoms with E-state index < -0.39 is 275 Å². The number of aromatic nitrogens is 2. The average molecular weight is 1380 g/mol. The highest BCUT2D eigenvalue weighted by Crippen LogP contribution is 2.55. The Balaban J connectivity index is 1.87. The van der Waals surface area contributed by atoms with Crippen molar-refractivity contribution < 1.29 is 120 Å². The lowest BCUT2D eigenvalue weighted by Gasteiger charge is -2.46. The van der Waals surface area contributed by atoms with Crippen LogP contribution in [-0.4, -0.2) is 35.1 Å². The molecule has 7 aromatic rings. The molecule has 2 aromatic heterocycles. The van der Waals surface area contributed by atoms with Gasteiger partial charge in [0.05, 0.1) is 35.2 Å². The number of aliphatic hydroxyl groups is 2. The number of halogens is 25. The normalized spacial score (nSPS) is 14.4. The van der Waals surface area contributed by atoms with Gasteiger partial charge in [-0.15, -0.1) is 0 Å². The molecule has 31 heteroatoms. The number of rotatable bonds is 19. The molecule has 0 fully saturated rings. The molecule has 4 unspecified atom stereocenters. The van der Waals surface area contributed by atoms with E-state index in [9.17, 15) is 19.0 Å². The van der Waals surface area contributed by atoms with Gasteiger partial charge in [-0.05, 0) is 68.9 Å². The molecule has 92 heavy (non-hydrogen) atoms. The van der Waals surface area contributed by atoms with Gasteiger partial charge < -0.3 is 18.7 Å². The third kappa shape index (κ3) is 10.7. The molecule has 0 aliphatic heterocycles. The van der Waals surface area contributed by atoms with Gasteiger partial charge in [-0.3, -0.25) is 0 Å². The third-order valence-corrected chi connectivity index (χ3v) is 31.3. The van der Waals surface area contributed by atoms with Crippen LogP contribution in [0, 0.1) is 145 Å². The molecule has 7 rings (SSSR count). The summed E-state index contributed by atoms with van der Waals surface area (Å²) in [5.41, 5.74) is -22.3. The van der Waals surface area contributed by atoms with Crippen molar-refractivity contribution in [2.45, 2.75) is 146 Å². The molecular formula is C61H53F25N2O2Si2. The van der Waals surface area contributed by atoms with E-state index in [0.717, 1.165) is 8.47 Å². The van der Waals surface area contributed by atoms with Gasteiger partial charge in [-0.2, -0.15) is 0 Å². The van der Waals surface area contributed by atoms with Crippen molar-refractivity contribution in [1.29, 1.82) is 0 Å². The van der Waals surface area contributed by atoms with Gasteiger partial charge in [0.1, 0.15) is 0 Å². The summed E-state index contributed by atoms with van der Waals surface area (Å²) in [5.74, 6) is -83.1. The molecule has 502 valence electrons. The Bertz CT molecular complexity index is 3670. The molecule has 2 heterocycles. The van der Waals surface area contributed by atoms with Gasteiger partial charge in [-0.25, -0.2) is 110 Å². The average Bonchev–Trinajstić information content (AvgIpc) is 1.46. The van der Waals surface area contributed by atoms with Gasteiger partial charge in [0, 0.05) is 34.0 Å². The number of hydrogen-bond donors (Lipinski definition) is 2. The van der Waals surface area contributed by atoms with Crippen molar-refractivity contribution in [3.8, 4) is 0 Å². The first-order valence-electron chi connectivity index (χ1n) is 27.8. The van der Waals surface area contributed by atoms with Crippen molar-refractivity contribution >= 4 is 16.5 Å². The van der Waals surface area contributed by atoms with Gasteiger partial charge in [-0.1, -0.05) is 83.1 Å². The van der Waals surface area contributed by atoms with E-state index in [-0.39, 0.29) is 0 Å². The fraction of sp³-hybridized carbons (Fsp3) is 0.377. The largest absolute Gasteiger partial charge is 0.387 e. The van der Waals surface area contributed by atoms with Crippen molar-refractivity contribution in [1.82, 2.24) is 8.47 Å². The second-order valence-electron chi connectivity index (χ2n) is 24.0. The van der Waals surface area contributed by atoms with Crippen molar-refractivity contribution in [2.24, 2.45) is 0 Å². The van der Waals surface area contributed by atoms with Crippen LogP contribution in [0.15, 0.2) is 24.5 Å². The Morgan fingerprint density at radius 1 is 0.250 bits per heavy atom. The Morgan fingerprint density at radius 2 is 0.413 bits per heavy atom. The Hall–Kier alpha value is -6.74. The highest BCUT2D eigenvalue weighted by atomic mass is 28.3. The van der Waals surface area contributed by atoms with Crippen LogP contribution in [0.4, 0.5) is 110 Å². The summed E-state index contributed by atoms with van der Waals surface area (Å²) in [7, 11) is -8.64. The lowest BCUT2D eigenvalue weighted by atomic mass is 9.82. The number of benzene rings is 5. The minimum atomic E-state index is -4.32. The quantitative estimate of drug-likeness (QED) is 0.0367. The van der Waals surface area contributed by atoms with Crippen LogP contribution >= 0.6 is 0 Å². The molecule has 0 spiro atoms. The summed E-state index contributed by atoms with van der Waals surface area (Å²) in [5, 5.41) is 24.6. The van der Waals surface area contributed by atoms with E-state index in [1.807, 2.05) is 0 Å². The zero-order chi connectivity index (χ0) is 70.0. The molecule has 0 radical (unpaired) electrons. The number of aliphatic hydroxyl groups excluding tert-OH is 2. The monoisotopic (exact) mass is 1380 g/mol. The maximum atomic E-state index is 17.3. The molecular weight excluding hydrogens is 1320 g/mol. The number of nitrogens with zero attached hydrogens (tertiary/aromatic N) is 2. The summed E-state index contributed by atoms with van der Waals surface area (Å²) in [4.78, 5) is 0. The Labute approximate surface area is 510 Å². The molecule has 4 atom stereocenters. The Kier molecular flexibility index (Phi) is 20.4. The molecule has 0 aliphatic carbocycles. The molecule has 0 bridgehead atoms. The van der Waals surface area contributed by atoms with E-state index >= 15 is 101 Å². The zero-order valence-electron chi connectivity index (χ0n) is 49.9. The van der Waals surface area contributed by atoms with Crippen LogP contribution < -0.4 is 0 Å². The zero-order valence-corrected chi connectivity index (χ0v) is 51.9. The van der Waals surface area contributed by atoms with Crippen LogP contribution in [0.3, 0.4) is 0 Å². The van der Waals surface area contributed by atoms with E-state index in [1.54, 1.807) is 0 Å². The predicted molar refractivity (Wildman–Crippen MR) is 287 cm³/mol. The van der Waals surface area contributed by atoms with Crippen LogP contribution in [-0.2, 0) is 0 Å². The molecule has 0 saturated heterocycles. The van der Waals surface area contributed by atoms with Gasteiger partial charge >= 0.3 is 0 Å². The minimum Gasteiger partial charge on any atom is -0.387 e. The van der Waals surface area contributed by atoms with Crippen molar-refractivity contribution in [3.05, 3.63) is 220 Å². The summed E-state index contributed by atoms with van der Waals surface area (Å²) in [6.45, 7) is 17.0. The van der Waals surface area contributed by atoms with E-state index in [0.29, 0.717) is 24.5 Å². The van der Waals surface area contributed by atoms with Crippen LogP contribution in [0.1, 0.15) is 163 Å². The van der Waals surface area contributed by atoms with E-state index in [2.05, 4.69) is 0 Å². The summed E-state index contributed by atoms with van der Waals surface area (Å²) in [6, 6.07) is 0.658. The highest BCUT2D eigenvalue weighted by molar-refractivity contribution is 6.82. The second-order valence-corrected chi connectivity index (χ2v) is 35.5. The van der Waals surface area contributed by atoms with Crippen LogP contribution in [0.25, 0.3) is 0 Å². The lowest BCUT2D eigenvalue weighted by Crippen LogP contribution is -2.53. The van der Waals surface area contributed by atoms with Crippen molar-refractivity contribution in [2.75, 3.05) is 0 Å². The summed E-state index contributed by atoms with van der Waals surface area (Å²) < 4.78 is 399.